The summed E-state index contributed by atoms with van der Waals surface area (Å²) in [5.74, 6) is 0.915. The van der Waals surface area contributed by atoms with Gasteiger partial charge in [-0.05, 0) is 72.4 Å². The third-order valence-corrected chi connectivity index (χ3v) is 8.60. The molecule has 0 radical (unpaired) electrons. The number of alkyl halides is 3. The molecule has 10 nitrogen and oxygen atoms in total. The van der Waals surface area contributed by atoms with E-state index in [9.17, 15) is 22.8 Å². The summed E-state index contributed by atoms with van der Waals surface area (Å²) < 4.78 is 48.1. The van der Waals surface area contributed by atoms with Gasteiger partial charge in [-0.2, -0.15) is 4.99 Å². The molecule has 3 amide bonds. The van der Waals surface area contributed by atoms with Crippen molar-refractivity contribution in [1.82, 2.24) is 20.1 Å². The maximum Gasteiger partial charge on any atom is 0.573 e. The van der Waals surface area contributed by atoms with Crippen molar-refractivity contribution in [3.05, 3.63) is 84.2 Å². The molecule has 4 aromatic rings. The number of nitrogens with zero attached hydrogens (tertiary/aromatic N) is 5. The van der Waals surface area contributed by atoms with Crippen LogP contribution in [0.15, 0.2) is 78.0 Å². The van der Waals surface area contributed by atoms with Crippen LogP contribution in [0.5, 0.6) is 11.5 Å². The van der Waals surface area contributed by atoms with Gasteiger partial charge in [0.2, 0.25) is 5.91 Å². The lowest BCUT2D eigenvalue weighted by molar-refractivity contribution is -0.274. The van der Waals surface area contributed by atoms with Crippen LogP contribution in [0, 0.1) is 0 Å². The summed E-state index contributed by atoms with van der Waals surface area (Å²) >= 11 is 1.22. The highest BCUT2D eigenvalue weighted by atomic mass is 32.2. The summed E-state index contributed by atoms with van der Waals surface area (Å²) in [6.45, 7) is 4.05. The van der Waals surface area contributed by atoms with Gasteiger partial charge in [0.1, 0.15) is 17.8 Å². The molecule has 14 heteroatoms. The Morgan fingerprint density at radius 1 is 1.04 bits per heavy atom. The number of anilines is 1. The third-order valence-electron chi connectivity index (χ3n) is 7.68. The van der Waals surface area contributed by atoms with Crippen molar-refractivity contribution < 1.29 is 32.2 Å². The van der Waals surface area contributed by atoms with Crippen molar-refractivity contribution in [3.8, 4) is 28.6 Å². The number of carbonyl (C=O) groups excluding carboxylic acids is 2. The van der Waals surface area contributed by atoms with Crippen LogP contribution in [0.1, 0.15) is 43.7 Å². The lowest BCUT2D eigenvalue weighted by atomic mass is 10.00. The lowest BCUT2D eigenvalue weighted by Gasteiger charge is -2.22. The van der Waals surface area contributed by atoms with Crippen molar-refractivity contribution in [3.63, 3.8) is 0 Å². The van der Waals surface area contributed by atoms with Crippen LogP contribution >= 0.6 is 11.8 Å². The zero-order valence-electron chi connectivity index (χ0n) is 25.0. The average Bonchev–Trinajstić information content (AvgIpc) is 3.46. The first kappa shape index (κ1) is 31.1. The first-order valence-corrected chi connectivity index (χ1v) is 15.4. The van der Waals surface area contributed by atoms with Crippen molar-refractivity contribution in [1.29, 1.82) is 0 Å². The first-order chi connectivity index (χ1) is 21.9. The summed E-state index contributed by atoms with van der Waals surface area (Å²) in [5, 5.41) is 7.81. The predicted octanol–water partition coefficient (Wildman–Crippen LogP) is 6.80. The molecule has 238 valence electrons. The quantitative estimate of drug-likeness (QED) is 0.223. The van der Waals surface area contributed by atoms with Gasteiger partial charge in [-0.25, -0.2) is 14.5 Å². The van der Waals surface area contributed by atoms with Crippen LogP contribution in [0.3, 0.4) is 0 Å². The molecule has 2 aliphatic rings. The van der Waals surface area contributed by atoms with E-state index in [0.717, 1.165) is 29.5 Å². The van der Waals surface area contributed by atoms with Crippen LogP contribution in [0.4, 0.5) is 23.7 Å². The van der Waals surface area contributed by atoms with Gasteiger partial charge in [-0.1, -0.05) is 49.9 Å². The number of halogens is 3. The van der Waals surface area contributed by atoms with Gasteiger partial charge in [0.25, 0.3) is 0 Å². The lowest BCUT2D eigenvalue weighted by Crippen LogP contribution is -2.35. The molecule has 1 saturated carbocycles. The summed E-state index contributed by atoms with van der Waals surface area (Å²) in [6, 6.07) is 17.7. The fourth-order valence-electron chi connectivity index (χ4n) is 5.20. The van der Waals surface area contributed by atoms with E-state index >= 15 is 0 Å². The number of aliphatic imine (C=N–C) groups is 1. The van der Waals surface area contributed by atoms with Crippen LogP contribution in [0.25, 0.3) is 17.1 Å². The van der Waals surface area contributed by atoms with Crippen molar-refractivity contribution >= 4 is 34.6 Å². The number of hydrogen-bond acceptors (Lipinski definition) is 7. The van der Waals surface area contributed by atoms with Crippen molar-refractivity contribution in [2.24, 2.45) is 4.99 Å². The van der Waals surface area contributed by atoms with Crippen LogP contribution in [-0.2, 0) is 10.3 Å². The minimum Gasteiger partial charge on any atom is -0.497 e. The standard InChI is InChI=1S/C32H29F3N6O4S/c1-19(2)25-16-24(44-3)12-13-26(25)41-27(42)17-46-30(41)37-29(43)38-31(14-15-31)21-6-4-20(5-7-21)28-36-18-40(39-28)22-8-10-23(11-9-22)45-32(33,34)35/h4-13,16,18-19H,14-15,17H2,1-3H3,(H,38,43)/b37-30-. The van der Waals surface area contributed by atoms with Crippen LogP contribution < -0.4 is 19.7 Å². The molecular formula is C32H29F3N6O4S. The van der Waals surface area contributed by atoms with E-state index in [2.05, 4.69) is 25.1 Å². The Morgan fingerprint density at radius 2 is 1.74 bits per heavy atom. The Hall–Kier alpha value is -4.85. The number of amidine groups is 1. The summed E-state index contributed by atoms with van der Waals surface area (Å²) in [4.78, 5) is 36.3. The Kier molecular flexibility index (Phi) is 8.23. The number of benzene rings is 3. The fraction of sp³-hybridized carbons (Fsp3) is 0.281. The summed E-state index contributed by atoms with van der Waals surface area (Å²) in [6.07, 6.45) is -1.84. The van der Waals surface area contributed by atoms with Gasteiger partial charge in [0, 0.05) is 5.56 Å². The van der Waals surface area contributed by atoms with Crippen LogP contribution in [0.2, 0.25) is 0 Å². The highest BCUT2D eigenvalue weighted by molar-refractivity contribution is 8.15. The summed E-state index contributed by atoms with van der Waals surface area (Å²) in [7, 11) is 1.59. The number of nitrogens with one attached hydrogen (secondary N) is 1. The number of carbonyl (C=O) groups is 2. The molecule has 46 heavy (non-hydrogen) atoms. The van der Waals surface area contributed by atoms with Gasteiger partial charge in [0.05, 0.1) is 29.8 Å². The molecule has 3 aromatic carbocycles. The molecule has 0 unspecified atom stereocenters. The van der Waals surface area contributed by atoms with E-state index in [4.69, 9.17) is 4.74 Å². The number of thioether (sulfide) groups is 1. The second kappa shape index (κ2) is 12.2. The molecule has 6 rings (SSSR count). The molecule has 0 spiro atoms. The van der Waals surface area contributed by atoms with Gasteiger partial charge in [-0.3, -0.25) is 9.69 Å². The second-order valence-corrected chi connectivity index (χ2v) is 12.1. The third kappa shape index (κ3) is 6.57. The minimum absolute atomic E-state index is 0.105. The molecule has 2 fully saturated rings. The molecule has 2 heterocycles. The Balaban J connectivity index is 1.15. The largest absolute Gasteiger partial charge is 0.573 e. The molecule has 1 N–H and O–H groups in total. The van der Waals surface area contributed by atoms with Gasteiger partial charge >= 0.3 is 12.4 Å². The first-order valence-electron chi connectivity index (χ1n) is 14.4. The monoisotopic (exact) mass is 650 g/mol. The maximum atomic E-state index is 13.2. The van der Waals surface area contributed by atoms with E-state index in [-0.39, 0.29) is 23.3 Å². The summed E-state index contributed by atoms with van der Waals surface area (Å²) in [5.41, 5.74) is 3.15. The number of rotatable bonds is 8. The number of urea groups is 1. The van der Waals surface area contributed by atoms with Crippen LogP contribution in [-0.4, -0.2) is 51.1 Å². The van der Waals surface area contributed by atoms with Gasteiger partial charge in [0.15, 0.2) is 11.0 Å². The van der Waals surface area contributed by atoms with Crippen molar-refractivity contribution in [2.45, 2.75) is 44.5 Å². The number of hydrogen-bond donors (Lipinski definition) is 1. The normalized spacial score (nSPS) is 16.6. The Labute approximate surface area is 266 Å². The number of methoxy groups -OCH3 is 1. The number of ether oxygens (including phenoxy) is 2. The van der Waals surface area contributed by atoms with E-state index in [1.807, 2.05) is 50.2 Å². The molecule has 0 bridgehead atoms. The molecule has 1 saturated heterocycles. The average molecular weight is 651 g/mol. The SMILES string of the molecule is COc1ccc(N2C(=O)CS/C2=N\C(=O)NC2(c3ccc(-c4ncn(-c5ccc(OC(F)(F)F)cc5)n4)cc3)CC2)c(C(C)C)c1. The van der Waals surface area contributed by atoms with E-state index < -0.39 is 17.9 Å². The molecule has 0 atom stereocenters. The molecule has 1 aliphatic heterocycles. The van der Waals surface area contributed by atoms with E-state index in [0.29, 0.717) is 28.1 Å². The number of aromatic nitrogens is 3. The van der Waals surface area contributed by atoms with E-state index in [1.54, 1.807) is 13.2 Å². The molecule has 1 aromatic heterocycles. The zero-order valence-corrected chi connectivity index (χ0v) is 25.9. The fourth-order valence-corrected chi connectivity index (χ4v) is 6.05. The Bertz CT molecular complexity index is 1800. The topological polar surface area (TPSA) is 111 Å². The molecular weight excluding hydrogens is 621 g/mol. The van der Waals surface area contributed by atoms with E-state index in [1.165, 1.54) is 51.9 Å². The maximum absolute atomic E-state index is 13.2. The van der Waals surface area contributed by atoms with Gasteiger partial charge < -0.3 is 14.8 Å². The number of amides is 3. The smallest absolute Gasteiger partial charge is 0.497 e. The Morgan fingerprint density at radius 3 is 2.37 bits per heavy atom. The van der Waals surface area contributed by atoms with Gasteiger partial charge in [-0.15, -0.1) is 18.3 Å². The molecule has 1 aliphatic carbocycles. The zero-order chi connectivity index (χ0) is 32.6. The second-order valence-electron chi connectivity index (χ2n) is 11.1. The van der Waals surface area contributed by atoms with Crippen molar-refractivity contribution in [2.75, 3.05) is 17.8 Å². The highest BCUT2D eigenvalue weighted by Crippen LogP contribution is 2.46. The highest BCUT2D eigenvalue weighted by Gasteiger charge is 2.46. The minimum atomic E-state index is -4.77. The predicted molar refractivity (Wildman–Crippen MR) is 167 cm³/mol.